The van der Waals surface area contributed by atoms with Crippen LogP contribution in [0.4, 0.5) is 0 Å². The van der Waals surface area contributed by atoms with Crippen LogP contribution in [0.15, 0.2) is 127 Å². The van der Waals surface area contributed by atoms with Gasteiger partial charge in [-0.3, -0.25) is 0 Å². The fourth-order valence-electron chi connectivity index (χ4n) is 8.52. The Morgan fingerprint density at radius 3 is 1.73 bits per heavy atom. The zero-order valence-electron chi connectivity index (χ0n) is 30.8. The first-order valence-electron chi connectivity index (χ1n) is 18.4. The number of methoxy groups -OCH3 is 1. The van der Waals surface area contributed by atoms with Gasteiger partial charge in [0.25, 0.3) is 0 Å². The Hall–Kier alpha value is -4.03. The molecule has 2 aliphatic rings. The molecule has 4 atom stereocenters. The summed E-state index contributed by atoms with van der Waals surface area (Å²) >= 11 is 0. The normalized spacial score (nSPS) is 19.7. The second kappa shape index (κ2) is 15.7. The molecular formula is C43H52NO5PSi. The van der Waals surface area contributed by atoms with Crippen molar-refractivity contribution < 1.29 is 23.5 Å². The van der Waals surface area contributed by atoms with E-state index in [4.69, 9.17) is 13.9 Å². The molecule has 0 bridgehead atoms. The van der Waals surface area contributed by atoms with E-state index < -0.39 is 21.5 Å². The molecule has 8 heteroatoms. The number of rotatable bonds is 15. The molecule has 0 aliphatic carbocycles. The van der Waals surface area contributed by atoms with Crippen LogP contribution in [0.1, 0.15) is 40.2 Å². The number of carbonyl (C=O) groups is 2. The Morgan fingerprint density at radius 1 is 0.784 bits per heavy atom. The van der Waals surface area contributed by atoms with Gasteiger partial charge in [-0.25, -0.2) is 0 Å². The van der Waals surface area contributed by atoms with Crippen molar-refractivity contribution in [2.45, 2.75) is 71.5 Å². The van der Waals surface area contributed by atoms with Crippen LogP contribution in [0.5, 0.6) is 5.75 Å². The third kappa shape index (κ3) is 6.84. The molecule has 51 heavy (non-hydrogen) atoms. The van der Waals surface area contributed by atoms with Crippen molar-refractivity contribution in [2.24, 2.45) is 11.8 Å². The average molecular weight is 722 g/mol. The standard InChI is InChI=1S/C43H52NO5PSi/c1-7-51(8-2,9-3)49-32(5)39-40-31(4)38(41(44(40)42(39)45)43(46)48-29-33-25-27-34(47-6)28-26-33)30-50(35-19-13-10-14-20-35,36-21-15-11-16-22-36)37-23-17-12-18-24-37/h10-28,31-32,39-40,50H,7-9,29-30H2,1-6H3/t31-,32+,39+,40-/m0/s1. The number of amides is 1. The van der Waals surface area contributed by atoms with Crippen LogP contribution < -0.4 is 20.7 Å². The first kappa shape index (κ1) is 36.7. The maximum absolute atomic E-state index is 14.5. The summed E-state index contributed by atoms with van der Waals surface area (Å²) in [4.78, 5) is 30.6. The first-order valence-corrected chi connectivity index (χ1v) is 23.2. The van der Waals surface area contributed by atoms with Crippen LogP contribution in [0.3, 0.4) is 0 Å². The molecule has 0 spiro atoms. The van der Waals surface area contributed by atoms with Gasteiger partial charge in [-0.2, -0.15) is 0 Å². The molecule has 1 fully saturated rings. The summed E-state index contributed by atoms with van der Waals surface area (Å²) in [7, 11) is -3.17. The van der Waals surface area contributed by atoms with Crippen LogP contribution in [-0.4, -0.2) is 50.5 Å². The van der Waals surface area contributed by atoms with Crippen molar-refractivity contribution in [3.63, 3.8) is 0 Å². The number of hydrogen-bond acceptors (Lipinski definition) is 5. The number of ether oxygens (including phenoxy) is 2. The summed E-state index contributed by atoms with van der Waals surface area (Å²) in [6.45, 7) is 11.0. The monoisotopic (exact) mass is 721 g/mol. The first-order chi connectivity index (χ1) is 24.7. The molecule has 2 heterocycles. The summed E-state index contributed by atoms with van der Waals surface area (Å²) in [5.74, 6) is -0.136. The molecule has 6 nitrogen and oxygen atoms in total. The maximum atomic E-state index is 14.5. The summed E-state index contributed by atoms with van der Waals surface area (Å²) in [5.41, 5.74) is 2.26. The van der Waals surface area contributed by atoms with Gasteiger partial charge in [-0.05, 0) is 0 Å². The number of benzene rings is 4. The van der Waals surface area contributed by atoms with E-state index in [1.807, 2.05) is 24.3 Å². The van der Waals surface area contributed by atoms with Crippen LogP contribution in [0.25, 0.3) is 0 Å². The summed E-state index contributed by atoms with van der Waals surface area (Å²) in [6.07, 6.45) is 0.405. The number of esters is 1. The van der Waals surface area contributed by atoms with E-state index in [0.717, 1.165) is 35.0 Å². The summed E-state index contributed by atoms with van der Waals surface area (Å²) in [6, 6.07) is 42.6. The Labute approximate surface area is 305 Å². The van der Waals surface area contributed by atoms with Gasteiger partial charge in [-0.1, -0.05) is 0 Å². The molecule has 4 aromatic rings. The van der Waals surface area contributed by atoms with Crippen molar-refractivity contribution in [3.05, 3.63) is 132 Å². The predicted molar refractivity (Wildman–Crippen MR) is 212 cm³/mol. The number of fused-ring (bicyclic) bond motifs is 1. The Bertz CT molecular complexity index is 1720. The van der Waals surface area contributed by atoms with Gasteiger partial charge in [-0.15, -0.1) is 0 Å². The van der Waals surface area contributed by atoms with Crippen molar-refractivity contribution in [1.82, 2.24) is 4.90 Å². The van der Waals surface area contributed by atoms with Gasteiger partial charge in [0.1, 0.15) is 0 Å². The van der Waals surface area contributed by atoms with E-state index in [-0.39, 0.29) is 36.5 Å². The number of carbonyl (C=O) groups excluding carboxylic acids is 2. The summed E-state index contributed by atoms with van der Waals surface area (Å²) < 4.78 is 18.3. The minimum atomic E-state index is -2.82. The average Bonchev–Trinajstić information content (AvgIpc) is 3.43. The van der Waals surface area contributed by atoms with E-state index in [9.17, 15) is 9.59 Å². The fraction of sp³-hybridized carbons (Fsp3) is 0.349. The molecule has 1 saturated heterocycles. The number of β-lactam (4-membered cyclic amide) rings is 1. The molecule has 0 N–H and O–H groups in total. The van der Waals surface area contributed by atoms with Crippen molar-refractivity contribution in [2.75, 3.05) is 13.3 Å². The molecule has 1 amide bonds. The quantitative estimate of drug-likeness (QED) is 0.0548. The van der Waals surface area contributed by atoms with Crippen molar-refractivity contribution in [3.8, 4) is 5.75 Å². The van der Waals surface area contributed by atoms with Gasteiger partial charge in [0.2, 0.25) is 0 Å². The van der Waals surface area contributed by atoms with Crippen LogP contribution >= 0.6 is 7.26 Å². The second-order valence-electron chi connectivity index (χ2n) is 14.1. The van der Waals surface area contributed by atoms with E-state index in [2.05, 4.69) is 126 Å². The van der Waals surface area contributed by atoms with Crippen LogP contribution in [-0.2, 0) is 25.4 Å². The minimum absolute atomic E-state index is 0.0386. The topological polar surface area (TPSA) is 65.1 Å². The molecule has 0 saturated carbocycles. The molecule has 0 radical (unpaired) electrons. The van der Waals surface area contributed by atoms with Gasteiger partial charge < -0.3 is 0 Å². The van der Waals surface area contributed by atoms with Crippen molar-refractivity contribution in [1.29, 1.82) is 0 Å². The van der Waals surface area contributed by atoms with Gasteiger partial charge in [0.15, 0.2) is 0 Å². The van der Waals surface area contributed by atoms with E-state index in [1.165, 1.54) is 15.9 Å². The molecule has 268 valence electrons. The Balaban J connectivity index is 1.46. The number of hydrogen-bond donors (Lipinski definition) is 0. The van der Waals surface area contributed by atoms with Crippen molar-refractivity contribution >= 4 is 43.4 Å². The zero-order valence-corrected chi connectivity index (χ0v) is 32.8. The molecule has 0 unspecified atom stereocenters. The fourth-order valence-corrected chi connectivity index (χ4v) is 16.4. The van der Waals surface area contributed by atoms with E-state index >= 15 is 0 Å². The molecule has 0 aromatic heterocycles. The second-order valence-corrected chi connectivity index (χ2v) is 22.7. The zero-order chi connectivity index (χ0) is 36.2. The van der Waals surface area contributed by atoms with Gasteiger partial charge >= 0.3 is 306 Å². The molecule has 4 aromatic carbocycles. The SMILES string of the molecule is CC[Si](CC)(CC)O[C@H](C)[C@H]1C(=O)N2C(C(=O)OCc3ccc(OC)cc3)=C(C[PH](c3ccccc3)(c3ccccc3)c3ccccc3)[C@H](C)[C@@H]12. The molecule has 2 aliphatic heterocycles. The van der Waals surface area contributed by atoms with Gasteiger partial charge in [0, 0.05) is 0 Å². The van der Waals surface area contributed by atoms with Crippen LogP contribution in [0.2, 0.25) is 18.1 Å². The van der Waals surface area contributed by atoms with E-state index in [1.54, 1.807) is 12.0 Å². The van der Waals surface area contributed by atoms with Gasteiger partial charge in [0.05, 0.1) is 0 Å². The van der Waals surface area contributed by atoms with Crippen LogP contribution in [0, 0.1) is 11.8 Å². The van der Waals surface area contributed by atoms with E-state index in [0.29, 0.717) is 11.9 Å². The third-order valence-corrected chi connectivity index (χ3v) is 21.3. The third-order valence-electron chi connectivity index (χ3n) is 11.6. The molecular weight excluding hydrogens is 670 g/mol. The molecule has 6 rings (SSSR count). The predicted octanol–water partition coefficient (Wildman–Crippen LogP) is 7.61. The summed E-state index contributed by atoms with van der Waals surface area (Å²) in [5, 5.41) is 3.77. The Morgan fingerprint density at radius 2 is 1.27 bits per heavy atom. The number of nitrogens with zero attached hydrogens (tertiary/aromatic N) is 1. The Kier molecular flexibility index (Phi) is 11.3.